The van der Waals surface area contributed by atoms with Gasteiger partial charge in [0.2, 0.25) is 0 Å². The van der Waals surface area contributed by atoms with Gasteiger partial charge >= 0.3 is 0 Å². The van der Waals surface area contributed by atoms with E-state index < -0.39 is 11.0 Å². The average molecular weight is 327 g/mol. The molecule has 2 heterocycles. The van der Waals surface area contributed by atoms with Gasteiger partial charge in [-0.2, -0.15) is 0 Å². The van der Waals surface area contributed by atoms with Crippen molar-refractivity contribution in [2.75, 3.05) is 13.6 Å². The monoisotopic (exact) mass is 327 g/mol. The number of carbonyl (C=O) groups excluding carboxylic acids is 1. The van der Waals surface area contributed by atoms with Crippen LogP contribution in [-0.2, 0) is 16.6 Å². The molecule has 2 aliphatic carbocycles. The highest BCUT2D eigenvalue weighted by Gasteiger charge is 2.69. The van der Waals surface area contributed by atoms with Crippen molar-refractivity contribution in [1.82, 2.24) is 4.90 Å². The van der Waals surface area contributed by atoms with Gasteiger partial charge in [-0.05, 0) is 50.2 Å². The van der Waals surface area contributed by atoms with Crippen LogP contribution in [0.25, 0.3) is 0 Å². The number of allylic oxidation sites excluding steroid dienone is 1. The lowest BCUT2D eigenvalue weighted by Gasteiger charge is -2.58. The van der Waals surface area contributed by atoms with Crippen LogP contribution < -0.4 is 9.47 Å². The van der Waals surface area contributed by atoms with Crippen molar-refractivity contribution in [2.24, 2.45) is 0 Å². The summed E-state index contributed by atoms with van der Waals surface area (Å²) in [4.78, 5) is 13.0. The molecular weight excluding hydrogens is 310 g/mol. The number of hydrogen-bond acceptors (Lipinski definition) is 6. The van der Waals surface area contributed by atoms with Crippen LogP contribution in [0.3, 0.4) is 0 Å². The molecule has 5 rings (SSSR count). The van der Waals surface area contributed by atoms with E-state index in [-0.39, 0.29) is 11.8 Å². The van der Waals surface area contributed by atoms with Crippen molar-refractivity contribution in [3.05, 3.63) is 46.9 Å². The normalized spacial score (nSPS) is 35.5. The van der Waals surface area contributed by atoms with Crippen molar-refractivity contribution in [3.63, 3.8) is 0 Å². The fraction of sp³-hybridized carbons (Fsp3) is 0.389. The minimum absolute atomic E-state index is 0.0177. The molecule has 0 amide bonds. The first kappa shape index (κ1) is 14.1. The van der Waals surface area contributed by atoms with E-state index in [1.54, 1.807) is 12.1 Å². The summed E-state index contributed by atoms with van der Waals surface area (Å²) in [6, 6.07) is 3.53. The smallest absolute Gasteiger partial charge is 0.298 e. The molecule has 1 saturated heterocycles. The summed E-state index contributed by atoms with van der Waals surface area (Å²) in [5, 5.41) is 22.1. The molecule has 1 spiro atoms. The Labute approximate surface area is 138 Å². The first-order valence-electron chi connectivity index (χ1n) is 8.03. The molecule has 6 heteroatoms. The number of carbonyl (C=O) groups is 1. The summed E-state index contributed by atoms with van der Waals surface area (Å²) in [5.41, 5.74) is -0.0875. The van der Waals surface area contributed by atoms with E-state index in [1.165, 1.54) is 6.08 Å². The summed E-state index contributed by atoms with van der Waals surface area (Å²) in [5.74, 6) is 1.13. The Balaban J connectivity index is 1.88. The molecule has 2 unspecified atom stereocenters. The van der Waals surface area contributed by atoms with E-state index in [4.69, 9.17) is 9.47 Å². The fourth-order valence-corrected chi connectivity index (χ4v) is 5.06. The molecule has 0 saturated carbocycles. The van der Waals surface area contributed by atoms with Crippen molar-refractivity contribution in [3.8, 4) is 11.5 Å². The van der Waals surface area contributed by atoms with Gasteiger partial charge in [0.15, 0.2) is 23.0 Å². The number of aliphatic hydroxyl groups is 2. The lowest BCUT2D eigenvalue weighted by atomic mass is 9.53. The molecule has 124 valence electrons. The molecule has 0 aromatic heterocycles. The van der Waals surface area contributed by atoms with Crippen LogP contribution in [0.5, 0.6) is 11.5 Å². The molecule has 6 nitrogen and oxygen atoms in total. The minimum atomic E-state index is -1.17. The maximum atomic E-state index is 11.7. The molecule has 1 aromatic carbocycles. The molecule has 1 aromatic rings. The minimum Gasteiger partial charge on any atom is -0.504 e. The number of likely N-dealkylation sites (tertiary alicyclic amines) is 1. The third-order valence-electron chi connectivity index (χ3n) is 6.11. The summed E-state index contributed by atoms with van der Waals surface area (Å²) in [7, 11) is 2.01. The summed E-state index contributed by atoms with van der Waals surface area (Å²) in [6.45, 7) is 1.14. The Bertz CT molecular complexity index is 844. The lowest BCUT2D eigenvalue weighted by molar-refractivity contribution is -0.120. The average Bonchev–Trinajstić information content (AvgIpc) is 2.92. The van der Waals surface area contributed by atoms with Crippen LogP contribution in [0.4, 0.5) is 0 Å². The number of hydrogen-bond donors (Lipinski definition) is 2. The Kier molecular flexibility index (Phi) is 2.46. The zero-order valence-electron chi connectivity index (χ0n) is 13.2. The van der Waals surface area contributed by atoms with Gasteiger partial charge < -0.3 is 19.7 Å². The van der Waals surface area contributed by atoms with Crippen molar-refractivity contribution >= 4 is 6.47 Å². The Morgan fingerprint density at radius 1 is 1.46 bits per heavy atom. The first-order valence-corrected chi connectivity index (χ1v) is 8.03. The number of ether oxygens (including phenoxy) is 2. The van der Waals surface area contributed by atoms with Crippen LogP contribution in [-0.4, -0.2) is 46.8 Å². The van der Waals surface area contributed by atoms with Crippen LogP contribution in [0.1, 0.15) is 17.5 Å². The van der Waals surface area contributed by atoms with E-state index in [0.717, 1.165) is 17.7 Å². The number of piperidine rings is 1. The molecule has 0 radical (unpaired) electrons. The predicted octanol–water partition coefficient (Wildman–Crippen LogP) is 1.18. The summed E-state index contributed by atoms with van der Waals surface area (Å²) >= 11 is 0. The van der Waals surface area contributed by atoms with Gasteiger partial charge in [0.25, 0.3) is 6.47 Å². The predicted molar refractivity (Wildman–Crippen MR) is 83.9 cm³/mol. The Morgan fingerprint density at radius 2 is 2.29 bits per heavy atom. The number of likely N-dealkylation sites (N-methyl/N-ethyl adjacent to an activating group) is 1. The zero-order chi connectivity index (χ0) is 16.7. The van der Waals surface area contributed by atoms with Crippen molar-refractivity contribution in [1.29, 1.82) is 0 Å². The second-order valence-corrected chi connectivity index (χ2v) is 6.97. The summed E-state index contributed by atoms with van der Waals surface area (Å²) < 4.78 is 11.1. The number of benzene rings is 1. The molecule has 2 aliphatic heterocycles. The van der Waals surface area contributed by atoms with Crippen molar-refractivity contribution < 1.29 is 24.5 Å². The topological polar surface area (TPSA) is 79.2 Å². The standard InChI is InChI=1S/C18H17NO5/c1-19-7-6-17-14-10-2-3-12(23-9-20)15(14)24-16(17)11(21)4-5-18(17,22)13(19)8-10/h2-5,9,13,21-22H,6-8H2,1H3/t13?,17-,18?/m0/s1. The van der Waals surface area contributed by atoms with E-state index in [1.807, 2.05) is 13.1 Å². The van der Waals surface area contributed by atoms with Crippen LogP contribution in [0, 0.1) is 0 Å². The zero-order valence-corrected chi connectivity index (χ0v) is 13.2. The van der Waals surface area contributed by atoms with E-state index in [0.29, 0.717) is 36.6 Å². The van der Waals surface area contributed by atoms with Crippen molar-refractivity contribution in [2.45, 2.75) is 29.9 Å². The van der Waals surface area contributed by atoms with Gasteiger partial charge in [-0.3, -0.25) is 9.69 Å². The third kappa shape index (κ3) is 1.30. The van der Waals surface area contributed by atoms with Gasteiger partial charge in [0, 0.05) is 11.6 Å². The fourth-order valence-electron chi connectivity index (χ4n) is 5.06. The maximum absolute atomic E-state index is 11.7. The number of rotatable bonds is 2. The van der Waals surface area contributed by atoms with Crippen LogP contribution >= 0.6 is 0 Å². The summed E-state index contributed by atoms with van der Waals surface area (Å²) in [6.07, 6.45) is 4.49. The molecular formula is C18H17NO5. The highest BCUT2D eigenvalue weighted by atomic mass is 16.6. The molecule has 1 fully saturated rings. The second kappa shape index (κ2) is 4.20. The van der Waals surface area contributed by atoms with Crippen LogP contribution in [0.2, 0.25) is 0 Å². The Hall–Kier alpha value is -2.31. The van der Waals surface area contributed by atoms with Gasteiger partial charge in [0.1, 0.15) is 5.60 Å². The highest BCUT2D eigenvalue weighted by Crippen LogP contribution is 2.65. The molecule has 24 heavy (non-hydrogen) atoms. The quantitative estimate of drug-likeness (QED) is 0.794. The molecule has 2 N–H and O–H groups in total. The van der Waals surface area contributed by atoms with Gasteiger partial charge in [0.05, 0.1) is 5.41 Å². The second-order valence-electron chi connectivity index (χ2n) is 6.97. The van der Waals surface area contributed by atoms with Gasteiger partial charge in [-0.25, -0.2) is 0 Å². The van der Waals surface area contributed by atoms with Gasteiger partial charge in [-0.1, -0.05) is 6.07 Å². The Morgan fingerprint density at radius 3 is 3.08 bits per heavy atom. The largest absolute Gasteiger partial charge is 0.504 e. The molecule has 2 bridgehead atoms. The first-order chi connectivity index (χ1) is 11.5. The molecule has 3 atom stereocenters. The molecule has 4 aliphatic rings. The van der Waals surface area contributed by atoms with E-state index >= 15 is 0 Å². The number of aliphatic hydroxyl groups excluding tert-OH is 1. The van der Waals surface area contributed by atoms with Gasteiger partial charge in [-0.15, -0.1) is 0 Å². The SMILES string of the molecule is CN1CC[C@]23C4=C(O)C=CC2(O)C1Cc1ccc(OC=O)c(c13)O4. The third-order valence-corrected chi connectivity index (χ3v) is 6.11. The lowest BCUT2D eigenvalue weighted by Crippen LogP contribution is -2.70. The van der Waals surface area contributed by atoms with E-state index in [9.17, 15) is 15.0 Å². The van der Waals surface area contributed by atoms with Crippen LogP contribution in [0.15, 0.2) is 35.8 Å². The maximum Gasteiger partial charge on any atom is 0.298 e. The van der Waals surface area contributed by atoms with E-state index in [2.05, 4.69) is 4.90 Å². The highest BCUT2D eigenvalue weighted by molar-refractivity contribution is 5.69. The number of nitrogens with zero attached hydrogens (tertiary/aromatic N) is 1.